The molecule has 0 aromatic carbocycles. The van der Waals surface area contributed by atoms with Gasteiger partial charge in [-0.1, -0.05) is 5.16 Å². The molecule has 19 heavy (non-hydrogen) atoms. The Morgan fingerprint density at radius 2 is 2.11 bits per heavy atom. The third-order valence-electron chi connectivity index (χ3n) is 3.57. The highest BCUT2D eigenvalue weighted by Crippen LogP contribution is 2.26. The molecule has 4 amide bonds. The molecule has 2 aliphatic heterocycles. The quantitative estimate of drug-likeness (QED) is 0.665. The summed E-state index contributed by atoms with van der Waals surface area (Å²) in [6.07, 6.45) is 2.19. The van der Waals surface area contributed by atoms with Crippen molar-refractivity contribution in [2.45, 2.75) is 18.4 Å². The van der Waals surface area contributed by atoms with Gasteiger partial charge in [0.25, 0.3) is 11.8 Å². The Morgan fingerprint density at radius 1 is 1.37 bits per heavy atom. The maximum atomic E-state index is 12.0. The maximum Gasteiger partial charge on any atom is 0.322 e. The van der Waals surface area contributed by atoms with Crippen LogP contribution in [0.15, 0.2) is 16.8 Å². The number of hydrogen-bond acceptors (Lipinski definition) is 5. The van der Waals surface area contributed by atoms with E-state index in [1.165, 1.54) is 12.3 Å². The molecule has 100 valence electrons. The molecule has 0 saturated carbocycles. The van der Waals surface area contributed by atoms with E-state index < -0.39 is 11.6 Å². The summed E-state index contributed by atoms with van der Waals surface area (Å²) in [7, 11) is 0. The van der Waals surface area contributed by atoms with Gasteiger partial charge in [-0.2, -0.15) is 0 Å². The highest BCUT2D eigenvalue weighted by Gasteiger charge is 2.48. The number of imide groups is 1. The highest BCUT2D eigenvalue weighted by molar-refractivity contribution is 6.07. The molecule has 1 aromatic rings. The summed E-state index contributed by atoms with van der Waals surface area (Å²) >= 11 is 0. The van der Waals surface area contributed by atoms with Crippen molar-refractivity contribution in [2.24, 2.45) is 0 Å². The Bertz CT molecular complexity index is 531. The number of aromatic nitrogens is 1. The Hall–Kier alpha value is -2.38. The Balaban J connectivity index is 1.68. The fourth-order valence-electron chi connectivity index (χ4n) is 2.45. The first-order valence-electron chi connectivity index (χ1n) is 5.94. The monoisotopic (exact) mass is 264 g/mol. The second kappa shape index (κ2) is 4.08. The molecule has 0 radical (unpaired) electrons. The van der Waals surface area contributed by atoms with Crippen LogP contribution in [0.3, 0.4) is 0 Å². The molecular weight excluding hydrogens is 252 g/mol. The van der Waals surface area contributed by atoms with Gasteiger partial charge in [0.05, 0.1) is 6.20 Å². The average molecular weight is 264 g/mol. The summed E-state index contributed by atoms with van der Waals surface area (Å²) < 4.78 is 4.81. The highest BCUT2D eigenvalue weighted by atomic mass is 16.5. The summed E-state index contributed by atoms with van der Waals surface area (Å²) in [5.41, 5.74) is -0.866. The van der Waals surface area contributed by atoms with Gasteiger partial charge < -0.3 is 14.7 Å². The van der Waals surface area contributed by atoms with Gasteiger partial charge in [-0.05, 0) is 12.8 Å². The minimum atomic E-state index is -0.866. The van der Waals surface area contributed by atoms with Crippen LogP contribution < -0.4 is 10.6 Å². The third kappa shape index (κ3) is 1.85. The Labute approximate surface area is 108 Å². The number of carbonyl (C=O) groups excluding carboxylic acids is 3. The van der Waals surface area contributed by atoms with E-state index in [-0.39, 0.29) is 17.6 Å². The van der Waals surface area contributed by atoms with E-state index in [0.717, 1.165) is 0 Å². The number of amides is 4. The molecule has 2 N–H and O–H groups in total. The number of nitrogens with one attached hydrogen (secondary N) is 2. The van der Waals surface area contributed by atoms with Crippen LogP contribution in [0.4, 0.5) is 4.79 Å². The number of hydrogen-bond donors (Lipinski definition) is 2. The number of likely N-dealkylation sites (tertiary alicyclic amines) is 1. The summed E-state index contributed by atoms with van der Waals surface area (Å²) in [6.45, 7) is 0.764. The van der Waals surface area contributed by atoms with E-state index in [2.05, 4.69) is 15.8 Å². The predicted octanol–water partition coefficient (Wildman–Crippen LogP) is -0.511. The fourth-order valence-corrected chi connectivity index (χ4v) is 2.45. The van der Waals surface area contributed by atoms with Crippen LogP contribution in [0.1, 0.15) is 23.4 Å². The van der Waals surface area contributed by atoms with Crippen molar-refractivity contribution < 1.29 is 18.9 Å². The van der Waals surface area contributed by atoms with Crippen molar-refractivity contribution in [1.29, 1.82) is 0 Å². The summed E-state index contributed by atoms with van der Waals surface area (Å²) in [5.74, 6) is -0.391. The first-order chi connectivity index (χ1) is 9.11. The molecule has 0 atom stereocenters. The first-order valence-corrected chi connectivity index (χ1v) is 5.94. The van der Waals surface area contributed by atoms with Crippen molar-refractivity contribution in [1.82, 2.24) is 20.7 Å². The molecular formula is C11H12N4O4. The van der Waals surface area contributed by atoms with Gasteiger partial charge in [-0.15, -0.1) is 0 Å². The van der Waals surface area contributed by atoms with Crippen LogP contribution in [0.2, 0.25) is 0 Å². The molecule has 2 aliphatic rings. The first kappa shape index (κ1) is 11.7. The van der Waals surface area contributed by atoms with Gasteiger partial charge in [0, 0.05) is 19.2 Å². The zero-order chi connectivity index (χ0) is 13.5. The summed E-state index contributed by atoms with van der Waals surface area (Å²) in [6, 6.07) is 1.02. The van der Waals surface area contributed by atoms with E-state index in [0.29, 0.717) is 25.9 Å². The number of carbonyl (C=O) groups is 3. The van der Waals surface area contributed by atoms with E-state index in [4.69, 9.17) is 4.52 Å². The van der Waals surface area contributed by atoms with Crippen LogP contribution in [0.5, 0.6) is 0 Å². The van der Waals surface area contributed by atoms with Gasteiger partial charge in [0.2, 0.25) is 5.76 Å². The predicted molar refractivity (Wildman–Crippen MR) is 61.0 cm³/mol. The van der Waals surface area contributed by atoms with E-state index >= 15 is 0 Å². The van der Waals surface area contributed by atoms with Crippen LogP contribution in [-0.2, 0) is 4.79 Å². The molecule has 1 spiro atoms. The molecule has 1 aromatic heterocycles. The molecule has 2 saturated heterocycles. The van der Waals surface area contributed by atoms with Crippen LogP contribution in [0.25, 0.3) is 0 Å². The van der Waals surface area contributed by atoms with Crippen molar-refractivity contribution in [3.63, 3.8) is 0 Å². The van der Waals surface area contributed by atoms with Crippen molar-refractivity contribution in [3.8, 4) is 0 Å². The molecule has 0 bridgehead atoms. The Kier molecular flexibility index (Phi) is 2.51. The lowest BCUT2D eigenvalue weighted by Crippen LogP contribution is -2.55. The van der Waals surface area contributed by atoms with Crippen molar-refractivity contribution >= 4 is 17.8 Å². The van der Waals surface area contributed by atoms with Crippen LogP contribution in [0, 0.1) is 0 Å². The second-order valence-corrected chi connectivity index (χ2v) is 4.66. The van der Waals surface area contributed by atoms with Crippen molar-refractivity contribution in [2.75, 3.05) is 13.1 Å². The minimum absolute atomic E-state index is 0.177. The summed E-state index contributed by atoms with van der Waals surface area (Å²) in [4.78, 5) is 36.5. The van der Waals surface area contributed by atoms with E-state index in [9.17, 15) is 14.4 Å². The molecule has 2 fully saturated rings. The number of rotatable bonds is 1. The lowest BCUT2D eigenvalue weighted by Gasteiger charge is -2.36. The van der Waals surface area contributed by atoms with Gasteiger partial charge in [-0.3, -0.25) is 14.9 Å². The number of piperidine rings is 1. The number of nitrogens with zero attached hydrogens (tertiary/aromatic N) is 2. The maximum absolute atomic E-state index is 12.0. The van der Waals surface area contributed by atoms with Gasteiger partial charge in [-0.25, -0.2) is 4.79 Å². The molecule has 0 unspecified atom stereocenters. The van der Waals surface area contributed by atoms with Crippen LogP contribution in [-0.4, -0.2) is 46.5 Å². The summed E-state index contributed by atoms with van der Waals surface area (Å²) in [5, 5.41) is 8.36. The van der Waals surface area contributed by atoms with Gasteiger partial charge in [0.1, 0.15) is 5.54 Å². The fraction of sp³-hybridized carbons (Fsp3) is 0.455. The Morgan fingerprint density at radius 3 is 2.63 bits per heavy atom. The lowest BCUT2D eigenvalue weighted by atomic mass is 9.87. The SMILES string of the molecule is O=C1NC(=O)C2(CCN(C(=O)c3ccno3)CC2)N1. The van der Waals surface area contributed by atoms with Crippen LogP contribution >= 0.6 is 0 Å². The second-order valence-electron chi connectivity index (χ2n) is 4.66. The molecule has 8 nitrogen and oxygen atoms in total. The lowest BCUT2D eigenvalue weighted by molar-refractivity contribution is -0.125. The largest absolute Gasteiger partial charge is 0.351 e. The topological polar surface area (TPSA) is 105 Å². The van der Waals surface area contributed by atoms with E-state index in [1.54, 1.807) is 4.90 Å². The number of urea groups is 1. The standard InChI is InChI=1S/C11H12N4O4/c16-8(7-1-4-12-19-7)15-5-2-11(3-6-15)9(17)13-10(18)14-11/h1,4H,2-3,5-6H2,(H2,13,14,17,18). The molecule has 8 heteroatoms. The minimum Gasteiger partial charge on any atom is -0.351 e. The molecule has 3 heterocycles. The molecule has 0 aliphatic carbocycles. The van der Waals surface area contributed by atoms with Gasteiger partial charge in [0.15, 0.2) is 0 Å². The third-order valence-corrected chi connectivity index (χ3v) is 3.57. The van der Waals surface area contributed by atoms with Gasteiger partial charge >= 0.3 is 6.03 Å². The average Bonchev–Trinajstić information content (AvgIpc) is 2.99. The zero-order valence-electron chi connectivity index (χ0n) is 10.0. The van der Waals surface area contributed by atoms with Crippen molar-refractivity contribution in [3.05, 3.63) is 18.0 Å². The van der Waals surface area contributed by atoms with E-state index in [1.807, 2.05) is 0 Å². The molecule has 3 rings (SSSR count). The normalized spacial score (nSPS) is 21.4. The zero-order valence-corrected chi connectivity index (χ0v) is 10.0. The smallest absolute Gasteiger partial charge is 0.322 e.